The fourth-order valence-corrected chi connectivity index (χ4v) is 2.32. The van der Waals surface area contributed by atoms with E-state index in [4.69, 9.17) is 19.3 Å². The van der Waals surface area contributed by atoms with Gasteiger partial charge in [-0.1, -0.05) is 12.1 Å². The molecule has 0 saturated heterocycles. The number of anilines is 1. The second-order valence-corrected chi connectivity index (χ2v) is 5.13. The van der Waals surface area contributed by atoms with E-state index in [-0.39, 0.29) is 11.3 Å². The molecule has 0 aliphatic rings. The van der Waals surface area contributed by atoms with E-state index in [0.717, 1.165) is 0 Å². The minimum Gasteiger partial charge on any atom is -0.493 e. The number of ether oxygens (including phenoxy) is 3. The lowest BCUT2D eigenvalue weighted by Crippen LogP contribution is -2.11. The first-order chi connectivity index (χ1) is 12.5. The van der Waals surface area contributed by atoms with E-state index in [1.807, 2.05) is 0 Å². The van der Waals surface area contributed by atoms with Crippen molar-refractivity contribution in [1.29, 1.82) is 0 Å². The third-order valence-corrected chi connectivity index (χ3v) is 3.53. The molecule has 1 amide bonds. The molecule has 0 aliphatic heterocycles. The summed E-state index contributed by atoms with van der Waals surface area (Å²) < 4.78 is 15.8. The molecule has 0 heterocycles. The monoisotopic (exact) mass is 357 g/mol. The number of aromatic carboxylic acids is 1. The van der Waals surface area contributed by atoms with Crippen LogP contribution in [0, 0.1) is 0 Å². The van der Waals surface area contributed by atoms with Gasteiger partial charge in [-0.2, -0.15) is 0 Å². The molecule has 2 aromatic rings. The van der Waals surface area contributed by atoms with Gasteiger partial charge in [-0.15, -0.1) is 0 Å². The molecule has 7 heteroatoms. The lowest BCUT2D eigenvalue weighted by molar-refractivity contribution is -0.111. The fourth-order valence-electron chi connectivity index (χ4n) is 2.32. The van der Waals surface area contributed by atoms with Crippen molar-refractivity contribution >= 4 is 23.6 Å². The van der Waals surface area contributed by atoms with Crippen LogP contribution >= 0.6 is 0 Å². The summed E-state index contributed by atoms with van der Waals surface area (Å²) in [4.78, 5) is 23.3. The van der Waals surface area contributed by atoms with Gasteiger partial charge in [0, 0.05) is 6.08 Å². The largest absolute Gasteiger partial charge is 0.493 e. The lowest BCUT2D eigenvalue weighted by Gasteiger charge is -2.12. The van der Waals surface area contributed by atoms with Crippen LogP contribution in [0.4, 0.5) is 5.69 Å². The SMILES string of the molecule is COc1cc(C=CC(=O)Nc2ccccc2C(=O)O)cc(OC)c1OC. The maximum atomic E-state index is 12.1. The van der Waals surface area contributed by atoms with E-state index < -0.39 is 11.9 Å². The molecule has 0 unspecified atom stereocenters. The number of hydrogen-bond donors (Lipinski definition) is 2. The number of para-hydroxylation sites is 1. The average Bonchev–Trinajstić information content (AvgIpc) is 2.65. The summed E-state index contributed by atoms with van der Waals surface area (Å²) in [6, 6.07) is 9.55. The Labute approximate surface area is 150 Å². The molecule has 0 radical (unpaired) electrons. The van der Waals surface area contributed by atoms with Gasteiger partial charge in [0.25, 0.3) is 0 Å². The second-order valence-electron chi connectivity index (χ2n) is 5.13. The van der Waals surface area contributed by atoms with Crippen LogP contribution < -0.4 is 19.5 Å². The highest BCUT2D eigenvalue weighted by atomic mass is 16.5. The molecule has 0 aromatic heterocycles. The first-order valence-corrected chi connectivity index (χ1v) is 7.61. The van der Waals surface area contributed by atoms with Crippen molar-refractivity contribution in [3.63, 3.8) is 0 Å². The van der Waals surface area contributed by atoms with Crippen molar-refractivity contribution in [2.45, 2.75) is 0 Å². The molecule has 0 fully saturated rings. The summed E-state index contributed by atoms with van der Waals surface area (Å²) >= 11 is 0. The van der Waals surface area contributed by atoms with Crippen LogP contribution in [0.2, 0.25) is 0 Å². The smallest absolute Gasteiger partial charge is 0.337 e. The summed E-state index contributed by atoms with van der Waals surface area (Å²) in [5.41, 5.74) is 0.891. The van der Waals surface area contributed by atoms with Crippen LogP contribution in [-0.2, 0) is 4.79 Å². The standard InChI is InChI=1S/C19H19NO6/c1-24-15-10-12(11-16(25-2)18(15)26-3)8-9-17(21)20-14-7-5-4-6-13(14)19(22)23/h4-11H,1-3H3,(H,20,21)(H,22,23). The number of nitrogens with one attached hydrogen (secondary N) is 1. The summed E-state index contributed by atoms with van der Waals surface area (Å²) in [6.45, 7) is 0. The third-order valence-electron chi connectivity index (χ3n) is 3.53. The van der Waals surface area contributed by atoms with Gasteiger partial charge >= 0.3 is 5.97 Å². The molecule has 0 spiro atoms. The average molecular weight is 357 g/mol. The summed E-state index contributed by atoms with van der Waals surface area (Å²) in [7, 11) is 4.50. The van der Waals surface area contributed by atoms with Crippen LogP contribution in [0.25, 0.3) is 6.08 Å². The van der Waals surface area contributed by atoms with Crippen LogP contribution in [-0.4, -0.2) is 38.3 Å². The van der Waals surface area contributed by atoms with Gasteiger partial charge in [0.2, 0.25) is 11.7 Å². The number of carbonyl (C=O) groups is 2. The molecule has 2 rings (SSSR count). The third kappa shape index (κ3) is 4.32. The van der Waals surface area contributed by atoms with Gasteiger partial charge in [0.1, 0.15) is 0 Å². The topological polar surface area (TPSA) is 94.1 Å². The van der Waals surface area contributed by atoms with Crippen LogP contribution in [0.15, 0.2) is 42.5 Å². The number of rotatable bonds is 7. The van der Waals surface area contributed by atoms with E-state index in [1.54, 1.807) is 30.3 Å². The Bertz CT molecular complexity index is 819. The predicted molar refractivity (Wildman–Crippen MR) is 97.2 cm³/mol. The summed E-state index contributed by atoms with van der Waals surface area (Å²) in [5.74, 6) is -0.208. The normalized spacial score (nSPS) is 10.4. The Balaban J connectivity index is 2.22. The Morgan fingerprint density at radius 2 is 1.62 bits per heavy atom. The highest BCUT2D eigenvalue weighted by molar-refractivity contribution is 6.06. The molecule has 7 nitrogen and oxygen atoms in total. The van der Waals surface area contributed by atoms with Gasteiger partial charge in [-0.25, -0.2) is 4.79 Å². The van der Waals surface area contributed by atoms with Crippen molar-refractivity contribution in [2.24, 2.45) is 0 Å². The molecule has 2 N–H and O–H groups in total. The molecule has 0 saturated carbocycles. The minimum atomic E-state index is -1.12. The maximum absolute atomic E-state index is 12.1. The van der Waals surface area contributed by atoms with Crippen molar-refractivity contribution in [3.8, 4) is 17.2 Å². The zero-order valence-corrected chi connectivity index (χ0v) is 14.6. The summed E-state index contributed by atoms with van der Waals surface area (Å²) in [5, 5.41) is 11.7. The molecular weight excluding hydrogens is 338 g/mol. The van der Waals surface area contributed by atoms with E-state index in [9.17, 15) is 9.59 Å². The Morgan fingerprint density at radius 1 is 1.00 bits per heavy atom. The van der Waals surface area contributed by atoms with E-state index >= 15 is 0 Å². The maximum Gasteiger partial charge on any atom is 0.337 e. The predicted octanol–water partition coefficient (Wildman–Crippen LogP) is 3.06. The molecule has 26 heavy (non-hydrogen) atoms. The molecule has 2 aromatic carbocycles. The first-order valence-electron chi connectivity index (χ1n) is 7.61. The first kappa shape index (κ1) is 18.9. The number of amides is 1. The van der Waals surface area contributed by atoms with Gasteiger partial charge in [0.05, 0.1) is 32.6 Å². The zero-order valence-electron chi connectivity index (χ0n) is 14.6. The second kappa shape index (κ2) is 8.57. The highest BCUT2D eigenvalue weighted by Crippen LogP contribution is 2.38. The number of carbonyl (C=O) groups excluding carboxylic acids is 1. The van der Waals surface area contributed by atoms with E-state index in [1.165, 1.54) is 39.5 Å². The van der Waals surface area contributed by atoms with Crippen molar-refractivity contribution < 1.29 is 28.9 Å². The number of methoxy groups -OCH3 is 3. The van der Waals surface area contributed by atoms with Crippen LogP contribution in [0.5, 0.6) is 17.2 Å². The van der Waals surface area contributed by atoms with Crippen LogP contribution in [0.1, 0.15) is 15.9 Å². The summed E-state index contributed by atoms with van der Waals surface area (Å²) in [6.07, 6.45) is 2.85. The molecular formula is C19H19NO6. The Kier molecular flexibility index (Phi) is 6.21. The van der Waals surface area contributed by atoms with E-state index in [0.29, 0.717) is 22.8 Å². The number of hydrogen-bond acceptors (Lipinski definition) is 5. The zero-order chi connectivity index (χ0) is 19.1. The lowest BCUT2D eigenvalue weighted by atomic mass is 10.1. The number of carboxylic acids is 1. The Morgan fingerprint density at radius 3 is 2.15 bits per heavy atom. The van der Waals surface area contributed by atoms with Crippen molar-refractivity contribution in [1.82, 2.24) is 0 Å². The van der Waals surface area contributed by atoms with Gasteiger partial charge < -0.3 is 24.6 Å². The molecule has 136 valence electrons. The van der Waals surface area contributed by atoms with Crippen LogP contribution in [0.3, 0.4) is 0 Å². The highest BCUT2D eigenvalue weighted by Gasteiger charge is 2.13. The number of carboxylic acid groups (broad SMARTS) is 1. The molecule has 0 bridgehead atoms. The molecule has 0 aliphatic carbocycles. The van der Waals surface area contributed by atoms with Gasteiger partial charge in [0.15, 0.2) is 11.5 Å². The van der Waals surface area contributed by atoms with Crippen molar-refractivity contribution in [3.05, 3.63) is 53.6 Å². The van der Waals surface area contributed by atoms with E-state index in [2.05, 4.69) is 5.32 Å². The fraction of sp³-hybridized carbons (Fsp3) is 0.158. The number of benzene rings is 2. The van der Waals surface area contributed by atoms with Gasteiger partial charge in [-0.3, -0.25) is 4.79 Å². The molecule has 0 atom stereocenters. The van der Waals surface area contributed by atoms with Gasteiger partial charge in [-0.05, 0) is 35.9 Å². The quantitative estimate of drug-likeness (QED) is 0.740. The minimum absolute atomic E-state index is 0.0158. The van der Waals surface area contributed by atoms with Crippen molar-refractivity contribution in [2.75, 3.05) is 26.6 Å². The Hall–Kier alpha value is -3.48.